The Labute approximate surface area is 227 Å². The fraction of sp³-hybridized carbons (Fsp3) is 0.286. The summed E-state index contributed by atoms with van der Waals surface area (Å²) in [6.45, 7) is 12.0. The van der Waals surface area contributed by atoms with Crippen molar-refractivity contribution >= 4 is 5.97 Å². The van der Waals surface area contributed by atoms with E-state index in [0.717, 1.165) is 28.0 Å². The van der Waals surface area contributed by atoms with Gasteiger partial charge >= 0.3 is 5.97 Å². The summed E-state index contributed by atoms with van der Waals surface area (Å²) in [6, 6.07) is 37.4. The van der Waals surface area contributed by atoms with E-state index in [1.807, 2.05) is 57.2 Å². The van der Waals surface area contributed by atoms with Gasteiger partial charge in [-0.3, -0.25) is 4.79 Å². The average Bonchev–Trinajstić information content (AvgIpc) is 2.91. The van der Waals surface area contributed by atoms with Crippen molar-refractivity contribution in [1.29, 1.82) is 0 Å². The number of rotatable bonds is 8. The maximum atomic E-state index is 12.7. The Hall–Kier alpha value is -3.85. The van der Waals surface area contributed by atoms with Gasteiger partial charge in [-0.2, -0.15) is 0 Å². The van der Waals surface area contributed by atoms with E-state index in [0.29, 0.717) is 12.2 Å². The molecule has 0 N–H and O–H groups in total. The highest BCUT2D eigenvalue weighted by molar-refractivity contribution is 5.78. The fourth-order valence-electron chi connectivity index (χ4n) is 4.67. The first-order valence-corrected chi connectivity index (χ1v) is 13.3. The summed E-state index contributed by atoms with van der Waals surface area (Å²) in [5.41, 5.74) is 3.08. The minimum Gasteiger partial charge on any atom is -0.488 e. The Morgan fingerprint density at radius 3 is 1.37 bits per heavy atom. The molecule has 0 atom stereocenters. The topological polar surface area (TPSA) is 35.5 Å². The lowest BCUT2D eigenvalue weighted by molar-refractivity contribution is -0.144. The molecule has 0 radical (unpaired) electrons. The average molecular weight is 507 g/mol. The molecule has 4 aromatic rings. The molecule has 196 valence electrons. The number of esters is 1. The molecule has 0 unspecified atom stereocenters. The Kier molecular flexibility index (Phi) is 7.78. The second kappa shape index (κ2) is 10.9. The summed E-state index contributed by atoms with van der Waals surface area (Å²) in [5.74, 6) is 1.15. The standard InChI is InChI=1S/C35H38O3/c1-7-34(5,6)32(36)37-30-22-18-28(19-23-30)35(26-14-10-8-11-15-26,27-16-12-9-13-17-27)29-20-24-31(25-21-29)38-33(2,3)4/h8-25H,7H2,1-6H3. The van der Waals surface area contributed by atoms with Crippen molar-refractivity contribution in [2.45, 2.75) is 59.0 Å². The highest BCUT2D eigenvalue weighted by Gasteiger charge is 2.38. The molecule has 0 heterocycles. The predicted octanol–water partition coefficient (Wildman–Crippen LogP) is 8.59. The third-order valence-corrected chi connectivity index (χ3v) is 7.06. The van der Waals surface area contributed by atoms with E-state index in [4.69, 9.17) is 9.47 Å². The van der Waals surface area contributed by atoms with Crippen LogP contribution in [-0.4, -0.2) is 11.6 Å². The van der Waals surface area contributed by atoms with Crippen molar-refractivity contribution in [3.05, 3.63) is 131 Å². The van der Waals surface area contributed by atoms with Gasteiger partial charge in [-0.05, 0) is 87.6 Å². The van der Waals surface area contributed by atoms with Gasteiger partial charge in [-0.1, -0.05) is 91.9 Å². The van der Waals surface area contributed by atoms with Crippen LogP contribution in [0.25, 0.3) is 0 Å². The van der Waals surface area contributed by atoms with Gasteiger partial charge in [0.15, 0.2) is 0 Å². The molecule has 38 heavy (non-hydrogen) atoms. The van der Waals surface area contributed by atoms with Crippen LogP contribution in [0.5, 0.6) is 11.5 Å². The highest BCUT2D eigenvalue weighted by atomic mass is 16.5. The number of carbonyl (C=O) groups is 1. The molecule has 0 saturated carbocycles. The monoisotopic (exact) mass is 506 g/mol. The largest absolute Gasteiger partial charge is 0.488 e. The zero-order valence-electron chi connectivity index (χ0n) is 23.3. The molecule has 0 aliphatic heterocycles. The van der Waals surface area contributed by atoms with Crippen LogP contribution in [0.3, 0.4) is 0 Å². The summed E-state index contributed by atoms with van der Waals surface area (Å²) in [6.07, 6.45) is 0.712. The van der Waals surface area contributed by atoms with Gasteiger partial charge in [0, 0.05) is 0 Å². The van der Waals surface area contributed by atoms with Crippen LogP contribution in [0.15, 0.2) is 109 Å². The molecule has 0 fully saturated rings. The van der Waals surface area contributed by atoms with Gasteiger partial charge in [-0.25, -0.2) is 0 Å². The van der Waals surface area contributed by atoms with E-state index < -0.39 is 10.8 Å². The van der Waals surface area contributed by atoms with Crippen LogP contribution in [0.2, 0.25) is 0 Å². The first-order valence-electron chi connectivity index (χ1n) is 13.3. The number of benzene rings is 4. The summed E-state index contributed by atoms with van der Waals surface area (Å²) < 4.78 is 11.9. The molecule has 0 spiro atoms. The van der Waals surface area contributed by atoms with Gasteiger partial charge in [0.25, 0.3) is 0 Å². The first kappa shape index (κ1) is 27.2. The number of hydrogen-bond acceptors (Lipinski definition) is 3. The van der Waals surface area contributed by atoms with Crippen LogP contribution in [0, 0.1) is 5.41 Å². The van der Waals surface area contributed by atoms with Crippen LogP contribution in [0.1, 0.15) is 70.2 Å². The van der Waals surface area contributed by atoms with Gasteiger partial charge in [-0.15, -0.1) is 0 Å². The van der Waals surface area contributed by atoms with E-state index in [9.17, 15) is 4.79 Å². The Morgan fingerprint density at radius 2 is 0.974 bits per heavy atom. The second-order valence-corrected chi connectivity index (χ2v) is 11.4. The quantitative estimate of drug-likeness (QED) is 0.136. The first-order chi connectivity index (χ1) is 18.1. The Bertz CT molecular complexity index is 1290. The normalized spacial score (nSPS) is 12.2. The van der Waals surface area contributed by atoms with Crippen molar-refractivity contribution in [2.24, 2.45) is 5.41 Å². The molecule has 0 aromatic heterocycles. The van der Waals surface area contributed by atoms with E-state index in [1.54, 1.807) is 0 Å². The minimum atomic E-state index is -0.589. The van der Waals surface area contributed by atoms with Crippen molar-refractivity contribution in [1.82, 2.24) is 0 Å². The van der Waals surface area contributed by atoms with Crippen LogP contribution in [0.4, 0.5) is 0 Å². The molecule has 0 saturated heterocycles. The van der Waals surface area contributed by atoms with E-state index in [-0.39, 0.29) is 11.6 Å². The molecule has 3 nitrogen and oxygen atoms in total. The number of hydrogen-bond donors (Lipinski definition) is 0. The highest BCUT2D eigenvalue weighted by Crippen LogP contribution is 2.46. The summed E-state index contributed by atoms with van der Waals surface area (Å²) in [7, 11) is 0. The Morgan fingerprint density at radius 1 is 0.579 bits per heavy atom. The maximum Gasteiger partial charge on any atom is 0.316 e. The van der Waals surface area contributed by atoms with Gasteiger partial charge in [0.2, 0.25) is 0 Å². The SMILES string of the molecule is CCC(C)(C)C(=O)Oc1ccc(C(c2ccccc2)(c2ccccc2)c2ccc(OC(C)(C)C)cc2)cc1. The number of carbonyl (C=O) groups excluding carboxylic acids is 1. The van der Waals surface area contributed by atoms with Gasteiger partial charge in [0.05, 0.1) is 10.8 Å². The Balaban J connectivity index is 1.88. The lowest BCUT2D eigenvalue weighted by Gasteiger charge is -2.37. The van der Waals surface area contributed by atoms with E-state index >= 15 is 0 Å². The second-order valence-electron chi connectivity index (χ2n) is 11.4. The number of ether oxygens (including phenoxy) is 2. The molecule has 3 heteroatoms. The molecule has 0 bridgehead atoms. The minimum absolute atomic E-state index is 0.223. The zero-order chi connectivity index (χ0) is 27.4. The van der Waals surface area contributed by atoms with Crippen molar-refractivity contribution in [3.63, 3.8) is 0 Å². The third kappa shape index (κ3) is 5.67. The van der Waals surface area contributed by atoms with Crippen LogP contribution < -0.4 is 9.47 Å². The molecule has 0 amide bonds. The third-order valence-electron chi connectivity index (χ3n) is 7.06. The zero-order valence-corrected chi connectivity index (χ0v) is 23.3. The van der Waals surface area contributed by atoms with Crippen LogP contribution >= 0.6 is 0 Å². The van der Waals surface area contributed by atoms with Crippen molar-refractivity contribution < 1.29 is 14.3 Å². The van der Waals surface area contributed by atoms with Gasteiger partial charge < -0.3 is 9.47 Å². The molecule has 0 aliphatic rings. The summed E-state index contributed by atoms with van der Waals surface area (Å²) in [4.78, 5) is 12.7. The molecule has 4 rings (SSSR count). The molecular formula is C35H38O3. The van der Waals surface area contributed by atoms with Crippen LogP contribution in [-0.2, 0) is 10.2 Å². The summed E-state index contributed by atoms with van der Waals surface area (Å²) in [5, 5.41) is 0. The molecule has 4 aromatic carbocycles. The predicted molar refractivity (Wildman–Crippen MR) is 155 cm³/mol. The lowest BCUT2D eigenvalue weighted by Crippen LogP contribution is -2.31. The summed E-state index contributed by atoms with van der Waals surface area (Å²) >= 11 is 0. The van der Waals surface area contributed by atoms with Crippen molar-refractivity contribution in [2.75, 3.05) is 0 Å². The lowest BCUT2D eigenvalue weighted by atomic mass is 9.65. The molecular weight excluding hydrogens is 468 g/mol. The van der Waals surface area contributed by atoms with E-state index in [1.165, 1.54) is 0 Å². The van der Waals surface area contributed by atoms with Crippen molar-refractivity contribution in [3.8, 4) is 11.5 Å². The van der Waals surface area contributed by atoms with E-state index in [2.05, 4.69) is 93.6 Å². The van der Waals surface area contributed by atoms with Gasteiger partial charge in [0.1, 0.15) is 17.1 Å². The fourth-order valence-corrected chi connectivity index (χ4v) is 4.67. The molecule has 0 aliphatic carbocycles. The maximum absolute atomic E-state index is 12.7. The smallest absolute Gasteiger partial charge is 0.316 e.